The van der Waals surface area contributed by atoms with Gasteiger partial charge in [0.15, 0.2) is 0 Å². The first-order valence-corrected chi connectivity index (χ1v) is 17.1. The molecule has 0 bridgehead atoms. The van der Waals surface area contributed by atoms with Crippen molar-refractivity contribution in [3.8, 4) is 0 Å². The van der Waals surface area contributed by atoms with E-state index >= 15 is 0 Å². The van der Waals surface area contributed by atoms with Gasteiger partial charge in [-0.25, -0.2) is 0 Å². The molecule has 240 valence electrons. The number of hydrogen-bond donors (Lipinski definition) is 0. The third kappa shape index (κ3) is 4.96. The van der Waals surface area contributed by atoms with Crippen molar-refractivity contribution >= 4 is 57.8 Å². The lowest BCUT2D eigenvalue weighted by atomic mass is 9.26. The highest BCUT2D eigenvalue weighted by molar-refractivity contribution is 8.00. The van der Waals surface area contributed by atoms with E-state index in [0.717, 1.165) is 61.7 Å². The van der Waals surface area contributed by atoms with E-state index in [4.69, 9.17) is 0 Å². The van der Waals surface area contributed by atoms with Gasteiger partial charge in [-0.15, -0.1) is 0 Å². The summed E-state index contributed by atoms with van der Waals surface area (Å²) in [7, 11) is 0. The number of halogens is 3. The van der Waals surface area contributed by atoms with Crippen LogP contribution in [0, 0.1) is 41.5 Å². The summed E-state index contributed by atoms with van der Waals surface area (Å²) in [4.78, 5) is 4.80. The van der Waals surface area contributed by atoms with E-state index in [1.54, 1.807) is 12.1 Å². The van der Waals surface area contributed by atoms with Crippen molar-refractivity contribution < 1.29 is 13.2 Å². The van der Waals surface area contributed by atoms with Crippen molar-refractivity contribution in [3.05, 3.63) is 117 Å². The van der Waals surface area contributed by atoms with Crippen LogP contribution in [0.15, 0.2) is 88.9 Å². The minimum absolute atomic E-state index is 0.0263. The first-order valence-electron chi connectivity index (χ1n) is 16.3. The Kier molecular flexibility index (Phi) is 7.33. The SMILES string of the molecule is CC1=CC2B3c4cc(C)cc(C)c4N(c4ccc(C)cc4C)c4cc(SC(F)(F)F)cc(c43)N(c3ccc(C)cc3C)C2(C)C(C)=C1. The second-order valence-corrected chi connectivity index (χ2v) is 15.2. The predicted octanol–water partition coefficient (Wildman–Crippen LogP) is 10.7. The van der Waals surface area contributed by atoms with Crippen LogP contribution in [0.25, 0.3) is 0 Å². The number of aryl methyl sites for hydroxylation is 6. The van der Waals surface area contributed by atoms with Crippen LogP contribution in [0.4, 0.5) is 41.6 Å². The molecule has 1 aliphatic carbocycles. The number of fused-ring (bicyclic) bond motifs is 4. The molecule has 47 heavy (non-hydrogen) atoms. The predicted molar refractivity (Wildman–Crippen MR) is 195 cm³/mol. The summed E-state index contributed by atoms with van der Waals surface area (Å²) in [6.45, 7) is 19.2. The zero-order chi connectivity index (χ0) is 33.7. The highest BCUT2D eigenvalue weighted by Gasteiger charge is 2.56. The monoisotopic (exact) mass is 648 g/mol. The second-order valence-electron chi connectivity index (χ2n) is 14.1. The fourth-order valence-corrected chi connectivity index (χ4v) is 9.26. The van der Waals surface area contributed by atoms with Gasteiger partial charge in [0.2, 0.25) is 6.71 Å². The van der Waals surface area contributed by atoms with Crippen LogP contribution in [-0.2, 0) is 0 Å². The van der Waals surface area contributed by atoms with Gasteiger partial charge in [0, 0.05) is 33.3 Å². The first-order chi connectivity index (χ1) is 22.1. The van der Waals surface area contributed by atoms with Gasteiger partial charge in [-0.05, 0) is 137 Å². The molecule has 3 aliphatic rings. The summed E-state index contributed by atoms with van der Waals surface area (Å²) in [5.41, 5.74) is 11.2. The second kappa shape index (κ2) is 10.8. The summed E-state index contributed by atoms with van der Waals surface area (Å²) in [6.07, 6.45) is 4.66. The van der Waals surface area contributed by atoms with Crippen LogP contribution >= 0.6 is 11.8 Å². The average Bonchev–Trinajstić information content (AvgIpc) is 2.94. The molecule has 0 amide bonds. The number of rotatable bonds is 3. The average molecular weight is 649 g/mol. The zero-order valence-corrected chi connectivity index (χ0v) is 29.3. The van der Waals surface area contributed by atoms with Gasteiger partial charge in [-0.1, -0.05) is 70.8 Å². The van der Waals surface area contributed by atoms with Gasteiger partial charge in [-0.3, -0.25) is 0 Å². The van der Waals surface area contributed by atoms with Crippen molar-refractivity contribution in [2.75, 3.05) is 9.80 Å². The number of hydrogen-bond acceptors (Lipinski definition) is 3. The lowest BCUT2D eigenvalue weighted by Gasteiger charge is -2.58. The Labute approximate surface area is 281 Å². The molecule has 2 atom stereocenters. The van der Waals surface area contributed by atoms with Crippen molar-refractivity contribution in [2.45, 2.75) is 84.1 Å². The maximum absolute atomic E-state index is 14.3. The number of benzene rings is 4. The molecule has 4 aromatic carbocycles. The van der Waals surface area contributed by atoms with E-state index in [2.05, 4.69) is 133 Å². The van der Waals surface area contributed by atoms with Crippen LogP contribution in [-0.4, -0.2) is 17.8 Å². The number of nitrogens with zero attached hydrogens (tertiary/aromatic N) is 2. The van der Waals surface area contributed by atoms with Crippen molar-refractivity contribution in [2.24, 2.45) is 0 Å². The van der Waals surface area contributed by atoms with Gasteiger partial charge in [0.05, 0.1) is 5.54 Å². The Bertz CT molecular complexity index is 2040. The third-order valence-corrected chi connectivity index (χ3v) is 11.2. The summed E-state index contributed by atoms with van der Waals surface area (Å²) in [6, 6.07) is 20.9. The van der Waals surface area contributed by atoms with Crippen molar-refractivity contribution in [1.29, 1.82) is 0 Å². The number of thioether (sulfide) groups is 1. The smallest absolute Gasteiger partial charge is 0.332 e. The van der Waals surface area contributed by atoms with Crippen LogP contribution in [0.5, 0.6) is 0 Å². The standard InChI is InChI=1S/C40H40BF3N2S/c1-22-10-12-32(26(5)14-22)45-34-20-30(47-40(42,43)44)21-35-37(34)41(31-18-24(3)16-28(7)38(31)45)36-19-25(4)17-29(8)39(36,9)46(35)33-13-11-23(2)15-27(33)6/h10-21,36H,1-9H3. The lowest BCUT2D eigenvalue weighted by molar-refractivity contribution is -0.0328. The molecule has 0 N–H and O–H groups in total. The fraction of sp³-hybridized carbons (Fsp3) is 0.300. The normalized spacial score (nSPS) is 20.0. The molecule has 2 aliphatic heterocycles. The van der Waals surface area contributed by atoms with Gasteiger partial charge < -0.3 is 9.80 Å². The Hall–Kier alpha value is -3.84. The zero-order valence-electron chi connectivity index (χ0n) is 28.5. The van der Waals surface area contributed by atoms with E-state index in [1.807, 2.05) is 0 Å². The first kappa shape index (κ1) is 31.7. The molecule has 2 nitrogen and oxygen atoms in total. The van der Waals surface area contributed by atoms with E-state index < -0.39 is 11.0 Å². The van der Waals surface area contributed by atoms with E-state index in [9.17, 15) is 13.2 Å². The molecule has 0 spiro atoms. The molecular formula is C40H40BF3N2S. The lowest BCUT2D eigenvalue weighted by Crippen LogP contribution is -2.67. The molecule has 2 unspecified atom stereocenters. The Morgan fingerprint density at radius 3 is 1.91 bits per heavy atom. The molecule has 4 aromatic rings. The summed E-state index contributed by atoms with van der Waals surface area (Å²) >= 11 is -0.0263. The van der Waals surface area contributed by atoms with Crippen LogP contribution in [0.2, 0.25) is 5.82 Å². The molecular weight excluding hydrogens is 608 g/mol. The molecule has 0 saturated heterocycles. The van der Waals surface area contributed by atoms with Crippen LogP contribution in [0.3, 0.4) is 0 Å². The highest BCUT2D eigenvalue weighted by Crippen LogP contribution is 2.57. The van der Waals surface area contributed by atoms with Crippen LogP contribution < -0.4 is 20.7 Å². The van der Waals surface area contributed by atoms with Gasteiger partial charge in [0.1, 0.15) is 0 Å². The fourth-order valence-electron chi connectivity index (χ4n) is 8.65. The van der Waals surface area contributed by atoms with Crippen molar-refractivity contribution in [1.82, 2.24) is 0 Å². The molecule has 0 aromatic heterocycles. The summed E-state index contributed by atoms with van der Waals surface area (Å²) < 4.78 is 42.8. The van der Waals surface area contributed by atoms with Gasteiger partial charge in [-0.2, -0.15) is 13.2 Å². The van der Waals surface area contributed by atoms with E-state index in [-0.39, 0.29) is 29.2 Å². The Balaban J connectivity index is 1.67. The molecule has 0 radical (unpaired) electrons. The Morgan fingerprint density at radius 2 is 1.30 bits per heavy atom. The van der Waals surface area contributed by atoms with Gasteiger partial charge >= 0.3 is 5.51 Å². The third-order valence-electron chi connectivity index (χ3n) is 10.5. The molecule has 0 fully saturated rings. The summed E-state index contributed by atoms with van der Waals surface area (Å²) in [5.74, 6) is 0.0294. The minimum Gasteiger partial charge on any atom is -0.332 e. The largest absolute Gasteiger partial charge is 0.446 e. The van der Waals surface area contributed by atoms with Crippen LogP contribution in [0.1, 0.15) is 54.2 Å². The maximum atomic E-state index is 14.3. The number of alkyl halides is 3. The quantitative estimate of drug-likeness (QED) is 0.161. The van der Waals surface area contributed by atoms with E-state index in [1.165, 1.54) is 22.2 Å². The number of anilines is 5. The van der Waals surface area contributed by atoms with E-state index in [0.29, 0.717) is 0 Å². The topological polar surface area (TPSA) is 6.48 Å². The number of allylic oxidation sites excluding steroid dienone is 2. The minimum atomic E-state index is -4.43. The molecule has 7 heteroatoms. The summed E-state index contributed by atoms with van der Waals surface area (Å²) in [5, 5.41) is 0. The molecule has 0 saturated carbocycles. The molecule has 7 rings (SSSR count). The molecule has 2 heterocycles. The van der Waals surface area contributed by atoms with Gasteiger partial charge in [0.25, 0.3) is 0 Å². The van der Waals surface area contributed by atoms with Crippen molar-refractivity contribution in [3.63, 3.8) is 0 Å². The maximum Gasteiger partial charge on any atom is 0.446 e. The highest BCUT2D eigenvalue weighted by atomic mass is 32.2. The Morgan fingerprint density at radius 1 is 0.702 bits per heavy atom.